The Bertz CT molecular complexity index is 7070. The van der Waals surface area contributed by atoms with Crippen LogP contribution in [0.1, 0.15) is 152 Å². The van der Waals surface area contributed by atoms with Gasteiger partial charge in [0.15, 0.2) is 0 Å². The van der Waals surface area contributed by atoms with E-state index in [4.69, 9.17) is 66.7 Å². The van der Waals surface area contributed by atoms with Gasteiger partial charge in [0.1, 0.15) is 106 Å². The van der Waals surface area contributed by atoms with Crippen molar-refractivity contribution in [2.24, 2.45) is 28.2 Å². The standard InChI is InChI=1S/C25H22FN5O3.C20H22FN5O2.C19H27BFNO4.C15H14FN5.C10H10O4.C7H7BrN4.CH2O3.CH4O.3CH4.2K.H/c1-14(32)34-22(15-6-4-3-5-7-15)25(33)31-11-10-17-19(31)9-8-16(21(17)26)18-12-30(2)24-20(18)23(27)28-13-29-24;1-20(2,3)28-19(27)26-8-7-12-14(26)6-5-11(16(12)21)13-9-25(4)18-15(13)17(22)23-10-24-18;1-17(2,3)24-16(23)22-11-10-12-14(22)9-8-13(15(12)21)20-25-18(4,5)19(6,7)26-20;1-21-6-10(12-14(17)19-7-20-15(12)21)8-2-3-11-9(13(8)16)4-5-18-11;1-7(11)14-9(10(12)13)8-5-3-2-4-6-8;1-12-2-4(8)5-6(9)10-3-11-7(5)12;2-1-4-3;1-2;;;;;;/h3-9,12-13,22H,10-11H2,1-2H3,(H2,27,28,29);5-6,9-10H,7-8H2,1-4H3,(H2,22,23,24);8-9H,10-11H2,1-7H3;2-3,6-7,18H,4-5H2,1H3,(H2,17,19,20);2-6,9H,1H3,(H,12,13);2-3H,1H3,(H2,9,10,11);1,3H;2H,1H3;3*1H4;;;/q;;;;;;;;;;;2*+1;-1/p-1. The Kier molecular flexibility index (Phi) is 42.4. The summed E-state index contributed by atoms with van der Waals surface area (Å²) in [4.78, 5) is 120. The molecule has 8 aromatic heterocycles. The largest absolute Gasteiger partial charge is 1.00 e. The van der Waals surface area contributed by atoms with Crippen molar-refractivity contribution in [1.82, 2.24) is 58.1 Å². The van der Waals surface area contributed by atoms with Crippen LogP contribution in [0, 0.1) is 23.3 Å². The summed E-state index contributed by atoms with van der Waals surface area (Å²) in [6.45, 7) is 22.7. The molecule has 5 aliphatic heterocycles. The molecule has 0 bridgehead atoms. The molecule has 0 aliphatic carbocycles. The van der Waals surface area contributed by atoms with Crippen LogP contribution in [0.2, 0.25) is 0 Å². The fourth-order valence-electron chi connectivity index (χ4n) is 16.5. The average Bonchev–Trinajstić information content (AvgIpc) is 1.63. The number of ether oxygens (including phenoxy) is 4. The number of esters is 2. The number of carboxylic acid groups (broad SMARTS) is 1. The van der Waals surface area contributed by atoms with E-state index in [0.717, 1.165) is 46.0 Å². The normalized spacial score (nSPS) is 13.7. The number of nitrogens with one attached hydrogen (secondary N) is 1. The van der Waals surface area contributed by atoms with Gasteiger partial charge >= 0.3 is 140 Å². The van der Waals surface area contributed by atoms with E-state index in [9.17, 15) is 33.2 Å². The third-order valence-corrected chi connectivity index (χ3v) is 24.1. The number of anilines is 8. The first-order chi connectivity index (χ1) is 66.7. The summed E-state index contributed by atoms with van der Waals surface area (Å²) < 4.78 is 102. The van der Waals surface area contributed by atoms with Gasteiger partial charge in [-0.15, -0.1) is 0 Å². The molecule has 6 aromatic carbocycles. The Labute approximate surface area is 937 Å². The molecular weight excluding hydrogens is 2010 g/mol. The fraction of sp³-hybridized carbons (Fsp3) is 0.337. The molecule has 5 aliphatic rings. The Hall–Kier alpha value is -11.9. The Balaban J connectivity index is 0.000000271. The zero-order valence-corrected chi connectivity index (χ0v) is 90.2. The number of carbonyl (C=O) groups is 7. The summed E-state index contributed by atoms with van der Waals surface area (Å²) >= 11 is 3.39. The number of aliphatic hydroxyl groups is 1. The molecule has 45 heteroatoms. The van der Waals surface area contributed by atoms with Crippen LogP contribution in [0.25, 0.3) is 77.5 Å². The van der Waals surface area contributed by atoms with Crippen molar-refractivity contribution >= 4 is 161 Å². The third-order valence-electron chi connectivity index (χ3n) is 23.5. The van der Waals surface area contributed by atoms with Crippen molar-refractivity contribution in [3.63, 3.8) is 0 Å². The van der Waals surface area contributed by atoms with E-state index in [1.165, 1.54) is 53.9 Å². The number of benzene rings is 6. The number of hydrogen-bond acceptors (Lipinski definition) is 29. The van der Waals surface area contributed by atoms with Gasteiger partial charge in [0.25, 0.3) is 12.4 Å². The Morgan fingerprint density at radius 1 is 0.486 bits per heavy atom. The van der Waals surface area contributed by atoms with Crippen molar-refractivity contribution in [2.75, 3.05) is 76.2 Å². The zero-order chi connectivity index (χ0) is 103. The number of carbonyl (C=O) groups excluding carboxylic acids is 6. The van der Waals surface area contributed by atoms with Gasteiger partial charge in [-0.05, 0) is 153 Å². The molecule has 0 spiro atoms. The maximum Gasteiger partial charge on any atom is 1.00 e. The molecule has 11 N–H and O–H groups in total. The van der Waals surface area contributed by atoms with Crippen LogP contribution in [0.4, 0.5) is 73.2 Å². The van der Waals surface area contributed by atoms with Gasteiger partial charge in [-0.3, -0.25) is 29.0 Å². The summed E-state index contributed by atoms with van der Waals surface area (Å²) in [5.41, 5.74) is 33.5. The number of amides is 3. The minimum absolute atomic E-state index is 0. The number of aliphatic carboxylic acids is 1. The van der Waals surface area contributed by atoms with Crippen LogP contribution in [0.5, 0.6) is 0 Å². The summed E-state index contributed by atoms with van der Waals surface area (Å²) in [7, 11) is 7.65. The number of aryl methyl sites for hydroxylation is 4. The summed E-state index contributed by atoms with van der Waals surface area (Å²) in [5.74, 6) is -2.67. The maximum atomic E-state index is 15.8. The predicted octanol–water partition coefficient (Wildman–Crippen LogP) is 9.71. The Morgan fingerprint density at radius 3 is 1.18 bits per heavy atom. The number of nitrogens with zero attached hydrogens (tertiary/aromatic N) is 15. The van der Waals surface area contributed by atoms with Gasteiger partial charge in [0.2, 0.25) is 12.2 Å². The molecule has 1 fully saturated rings. The maximum absolute atomic E-state index is 15.8. The van der Waals surface area contributed by atoms with Gasteiger partial charge < -0.3 is 101 Å². The number of rotatable bonds is 11. The number of carboxylic acids is 1. The van der Waals surface area contributed by atoms with Gasteiger partial charge in [0, 0.05) is 188 Å². The number of nitrogen functional groups attached to an aromatic ring is 4. The zero-order valence-electron chi connectivity index (χ0n) is 83.4. The van der Waals surface area contributed by atoms with E-state index in [0.29, 0.717) is 167 Å². The van der Waals surface area contributed by atoms with Crippen molar-refractivity contribution in [2.45, 2.75) is 166 Å². The average molecular weight is 2130 g/mol. The molecule has 3 amide bonds. The van der Waals surface area contributed by atoms with Gasteiger partial charge in [0.05, 0.1) is 44.1 Å². The van der Waals surface area contributed by atoms with E-state index in [1.807, 2.05) is 110 Å². The van der Waals surface area contributed by atoms with E-state index >= 15 is 13.2 Å². The molecule has 146 heavy (non-hydrogen) atoms. The summed E-state index contributed by atoms with van der Waals surface area (Å²) in [6, 6.07) is 31.0. The van der Waals surface area contributed by atoms with Crippen molar-refractivity contribution < 1.29 is 204 Å². The van der Waals surface area contributed by atoms with Crippen molar-refractivity contribution in [3.8, 4) is 33.4 Å². The van der Waals surface area contributed by atoms with Crippen molar-refractivity contribution in [1.29, 1.82) is 0 Å². The predicted molar refractivity (Wildman–Crippen MR) is 547 cm³/mol. The first-order valence-corrected chi connectivity index (χ1v) is 44.9. The second kappa shape index (κ2) is 51.1. The first-order valence-electron chi connectivity index (χ1n) is 44.1. The smallest absolute Gasteiger partial charge is 1.00 e. The van der Waals surface area contributed by atoms with E-state index in [2.05, 4.69) is 70.7 Å². The molecule has 19 rings (SSSR count). The van der Waals surface area contributed by atoms with E-state index < -0.39 is 83.5 Å². The van der Waals surface area contributed by atoms with Crippen LogP contribution >= 0.6 is 15.9 Å². The minimum Gasteiger partial charge on any atom is -1.00 e. The summed E-state index contributed by atoms with van der Waals surface area (Å²) in [6.07, 6.45) is 11.6. The first kappa shape index (κ1) is 121. The van der Waals surface area contributed by atoms with Gasteiger partial charge in [-0.1, -0.05) is 89.0 Å². The number of aromatic nitrogens is 12. The quantitative estimate of drug-likeness (QED) is 0.0120. The second-order valence-electron chi connectivity index (χ2n) is 35.7. The molecule has 2 unspecified atom stereocenters. The topological polar surface area (TPSA) is 496 Å². The van der Waals surface area contributed by atoms with Crippen LogP contribution in [0.15, 0.2) is 164 Å². The molecule has 766 valence electrons. The van der Waals surface area contributed by atoms with Crippen LogP contribution < -0.4 is 156 Å². The molecule has 13 heterocycles. The number of fused-ring (bicyclic) bond motifs is 8. The molecule has 0 radical (unpaired) electrons. The molecular formula is C101H120BBrF4K2N20O17. The molecule has 1 saturated heterocycles. The van der Waals surface area contributed by atoms with E-state index in [-0.39, 0.29) is 163 Å². The molecule has 2 atom stereocenters. The third kappa shape index (κ3) is 26.8. The van der Waals surface area contributed by atoms with Crippen LogP contribution in [0.3, 0.4) is 0 Å². The van der Waals surface area contributed by atoms with Crippen molar-refractivity contribution in [3.05, 3.63) is 220 Å². The number of halogens is 5. The number of aliphatic hydroxyl groups excluding tert-OH is 1. The molecule has 37 nitrogen and oxygen atoms in total. The van der Waals surface area contributed by atoms with Crippen LogP contribution in [-0.4, -0.2) is 174 Å². The monoisotopic (exact) mass is 2130 g/mol. The molecule has 0 saturated carbocycles. The minimum atomic E-state index is -1.21. The number of nitrogens with two attached hydrogens (primary N) is 4. The SMILES string of the molecule is C.C.C.CC(=O)OC(C(=O)N1CCc2c1ccc(-c1cn(C)c3ncnc(N)c13)c2F)c1ccccc1.CC(=O)OC(C(=O)O)c1ccccc1.CC(C)(C)OC(=O)N1CCc2c1ccc(B1OC(C)(C)C(C)(C)O1)c2F.CO.Cn1cc(-c2ccc3c(c2F)CCN3)c2c(N)ncnc21.Cn1cc(-c2ccc3c(c2F)CCN3C(=O)OC(C)(C)C)c2c(N)ncnc21.Cn1cc(Br)c2c(N)ncnc21.O=CO[O-].[H-].[K+].[K+]. The van der Waals surface area contributed by atoms with Gasteiger partial charge in [-0.2, -0.15) is 0 Å². The van der Waals surface area contributed by atoms with Crippen LogP contribution in [-0.2, 0) is 111 Å². The number of hydrogen-bond donors (Lipinski definition) is 7. The fourth-order valence-corrected chi connectivity index (χ4v) is 17.2. The summed E-state index contributed by atoms with van der Waals surface area (Å²) in [5, 5.41) is 30.2. The van der Waals surface area contributed by atoms with Gasteiger partial charge in [-0.25, -0.2) is 71.8 Å². The molecule has 14 aromatic rings. The second-order valence-corrected chi connectivity index (χ2v) is 36.6. The Morgan fingerprint density at radius 2 is 0.815 bits per heavy atom. The van der Waals surface area contributed by atoms with E-state index in [1.54, 1.807) is 139 Å².